The number of nitrogens with one attached hydrogen (secondary N) is 2. The summed E-state index contributed by atoms with van der Waals surface area (Å²) in [6.07, 6.45) is 0.478. The Morgan fingerprint density at radius 1 is 1.20 bits per heavy atom. The standard InChI is InChI=1S/C18H27N3O2S2/c1-13-10-21(11-14(2)23-13)16-5-3-15(4-6-16)20-18(22)19-9-17-12-24-7-8-25-17/h3-6,13-14,17H,7-12H2,1-2H3,(H2,19,20,22)/t13-,14-,17+/m1/s1. The summed E-state index contributed by atoms with van der Waals surface area (Å²) in [5.74, 6) is 3.52. The number of rotatable bonds is 4. The number of carbonyl (C=O) groups excluding carboxylic acids is 1. The number of amides is 2. The minimum absolute atomic E-state index is 0.127. The van der Waals surface area contributed by atoms with Gasteiger partial charge < -0.3 is 20.3 Å². The second kappa shape index (κ2) is 9.05. The maximum absolute atomic E-state index is 12.1. The van der Waals surface area contributed by atoms with E-state index in [0.717, 1.165) is 31.1 Å². The van der Waals surface area contributed by atoms with Crippen LogP contribution in [-0.4, -0.2) is 60.4 Å². The van der Waals surface area contributed by atoms with Gasteiger partial charge in [-0.25, -0.2) is 4.79 Å². The highest BCUT2D eigenvalue weighted by molar-refractivity contribution is 8.06. The van der Waals surface area contributed by atoms with Crippen LogP contribution in [0.3, 0.4) is 0 Å². The first kappa shape index (κ1) is 18.7. The average molecular weight is 382 g/mol. The molecule has 0 spiro atoms. The minimum atomic E-state index is -0.127. The number of nitrogens with zero attached hydrogens (tertiary/aromatic N) is 1. The van der Waals surface area contributed by atoms with Crippen LogP contribution in [0.2, 0.25) is 0 Å². The number of ether oxygens (including phenoxy) is 1. The molecule has 1 aromatic carbocycles. The normalized spacial score (nSPS) is 27.0. The topological polar surface area (TPSA) is 53.6 Å². The molecule has 5 nitrogen and oxygen atoms in total. The quantitative estimate of drug-likeness (QED) is 0.838. The number of urea groups is 1. The lowest BCUT2D eigenvalue weighted by molar-refractivity contribution is -0.00521. The average Bonchev–Trinajstić information content (AvgIpc) is 2.61. The van der Waals surface area contributed by atoms with Crippen LogP contribution < -0.4 is 15.5 Å². The van der Waals surface area contributed by atoms with E-state index in [1.54, 1.807) is 0 Å². The van der Waals surface area contributed by atoms with Crippen LogP contribution >= 0.6 is 23.5 Å². The molecule has 0 bridgehead atoms. The molecular weight excluding hydrogens is 354 g/mol. The Morgan fingerprint density at radius 2 is 1.92 bits per heavy atom. The highest BCUT2D eigenvalue weighted by Crippen LogP contribution is 2.24. The van der Waals surface area contributed by atoms with Crippen LogP contribution in [0.25, 0.3) is 0 Å². The van der Waals surface area contributed by atoms with Gasteiger partial charge in [-0.3, -0.25) is 0 Å². The predicted molar refractivity (Wildman–Crippen MR) is 109 cm³/mol. The van der Waals surface area contributed by atoms with Crippen molar-refractivity contribution < 1.29 is 9.53 Å². The third-order valence-corrected chi connectivity index (χ3v) is 7.13. The number of carbonyl (C=O) groups is 1. The molecule has 3 rings (SSSR count). The first-order valence-electron chi connectivity index (χ1n) is 8.85. The predicted octanol–water partition coefficient (Wildman–Crippen LogP) is 3.27. The Kier molecular flexibility index (Phi) is 6.78. The molecule has 2 amide bonds. The summed E-state index contributed by atoms with van der Waals surface area (Å²) in [5, 5.41) is 6.42. The molecule has 2 saturated heterocycles. The summed E-state index contributed by atoms with van der Waals surface area (Å²) in [5.41, 5.74) is 1.99. The van der Waals surface area contributed by atoms with E-state index in [0.29, 0.717) is 5.25 Å². The second-order valence-corrected chi connectivity index (χ2v) is 9.17. The first-order valence-corrected chi connectivity index (χ1v) is 11.0. The van der Waals surface area contributed by atoms with Crippen LogP contribution in [0.1, 0.15) is 13.8 Å². The molecular formula is C18H27N3O2S2. The molecule has 0 unspecified atom stereocenters. The number of hydrogen-bond acceptors (Lipinski definition) is 5. The van der Waals surface area contributed by atoms with E-state index in [-0.39, 0.29) is 18.2 Å². The van der Waals surface area contributed by atoms with Gasteiger partial charge in [-0.05, 0) is 38.1 Å². The molecule has 2 aliphatic heterocycles. The van der Waals surface area contributed by atoms with Crippen molar-refractivity contribution in [3.05, 3.63) is 24.3 Å². The van der Waals surface area contributed by atoms with Gasteiger partial charge in [0, 0.05) is 53.5 Å². The molecule has 25 heavy (non-hydrogen) atoms. The summed E-state index contributed by atoms with van der Waals surface area (Å²) in [4.78, 5) is 14.4. The van der Waals surface area contributed by atoms with E-state index in [4.69, 9.17) is 4.74 Å². The Labute approximate surface area is 158 Å². The highest BCUT2D eigenvalue weighted by atomic mass is 32.2. The summed E-state index contributed by atoms with van der Waals surface area (Å²) in [6, 6.07) is 7.93. The molecule has 2 N–H and O–H groups in total. The van der Waals surface area contributed by atoms with Gasteiger partial charge in [-0.15, -0.1) is 0 Å². The molecule has 2 fully saturated rings. The third-order valence-electron chi connectivity index (χ3n) is 4.29. The zero-order valence-electron chi connectivity index (χ0n) is 14.9. The number of morpholine rings is 1. The summed E-state index contributed by atoms with van der Waals surface area (Å²) in [6.45, 7) is 6.73. The van der Waals surface area contributed by atoms with E-state index in [9.17, 15) is 4.79 Å². The van der Waals surface area contributed by atoms with Gasteiger partial charge in [0.25, 0.3) is 0 Å². The van der Waals surface area contributed by atoms with E-state index in [2.05, 4.69) is 41.5 Å². The van der Waals surface area contributed by atoms with Gasteiger partial charge in [-0.1, -0.05) is 0 Å². The molecule has 7 heteroatoms. The van der Waals surface area contributed by atoms with Gasteiger partial charge in [0.05, 0.1) is 12.2 Å². The van der Waals surface area contributed by atoms with Crippen LogP contribution in [0.5, 0.6) is 0 Å². The van der Waals surface area contributed by atoms with E-state index in [1.807, 2.05) is 35.7 Å². The first-order chi connectivity index (χ1) is 12.1. The third kappa shape index (κ3) is 5.72. The maximum atomic E-state index is 12.1. The van der Waals surface area contributed by atoms with Crippen molar-refractivity contribution in [1.29, 1.82) is 0 Å². The molecule has 3 atom stereocenters. The number of anilines is 2. The Morgan fingerprint density at radius 3 is 2.56 bits per heavy atom. The van der Waals surface area contributed by atoms with Gasteiger partial charge in [-0.2, -0.15) is 23.5 Å². The number of benzene rings is 1. The van der Waals surface area contributed by atoms with E-state index < -0.39 is 0 Å². The fraction of sp³-hybridized carbons (Fsp3) is 0.611. The van der Waals surface area contributed by atoms with Crippen LogP contribution in [0.15, 0.2) is 24.3 Å². The second-order valence-electron chi connectivity index (χ2n) is 6.61. The van der Waals surface area contributed by atoms with Gasteiger partial charge in [0.15, 0.2) is 0 Å². The fourth-order valence-corrected chi connectivity index (χ4v) is 5.79. The summed E-state index contributed by atoms with van der Waals surface area (Å²) < 4.78 is 5.78. The maximum Gasteiger partial charge on any atom is 0.319 e. The Bertz CT molecular complexity index is 554. The molecule has 138 valence electrons. The van der Waals surface area contributed by atoms with Crippen molar-refractivity contribution in [3.8, 4) is 0 Å². The van der Waals surface area contributed by atoms with Crippen molar-refractivity contribution in [1.82, 2.24) is 5.32 Å². The molecule has 0 aromatic heterocycles. The monoisotopic (exact) mass is 381 g/mol. The molecule has 1 aromatic rings. The van der Waals surface area contributed by atoms with Crippen LogP contribution in [0, 0.1) is 0 Å². The van der Waals surface area contributed by atoms with Gasteiger partial charge >= 0.3 is 6.03 Å². The van der Waals surface area contributed by atoms with Gasteiger partial charge in [0.1, 0.15) is 0 Å². The highest BCUT2D eigenvalue weighted by Gasteiger charge is 2.22. The number of hydrogen-bond donors (Lipinski definition) is 2. The summed E-state index contributed by atoms with van der Waals surface area (Å²) >= 11 is 3.92. The van der Waals surface area contributed by atoms with Crippen molar-refractivity contribution >= 4 is 40.9 Å². The van der Waals surface area contributed by atoms with Crippen molar-refractivity contribution in [2.24, 2.45) is 0 Å². The molecule has 0 radical (unpaired) electrons. The van der Waals surface area contributed by atoms with Crippen molar-refractivity contribution in [2.75, 3.05) is 47.1 Å². The van der Waals surface area contributed by atoms with Gasteiger partial charge in [0.2, 0.25) is 0 Å². The van der Waals surface area contributed by atoms with E-state index >= 15 is 0 Å². The molecule has 2 aliphatic rings. The minimum Gasteiger partial charge on any atom is -0.372 e. The lowest BCUT2D eigenvalue weighted by atomic mass is 10.2. The zero-order valence-corrected chi connectivity index (χ0v) is 16.5. The lowest BCUT2D eigenvalue weighted by Gasteiger charge is -2.36. The summed E-state index contributed by atoms with van der Waals surface area (Å²) in [7, 11) is 0. The van der Waals surface area contributed by atoms with Crippen molar-refractivity contribution in [2.45, 2.75) is 31.3 Å². The zero-order chi connectivity index (χ0) is 17.6. The van der Waals surface area contributed by atoms with E-state index in [1.165, 1.54) is 17.2 Å². The Hall–Kier alpha value is -1.05. The SMILES string of the molecule is C[C@@H]1CN(c2ccc(NC(=O)NC[C@H]3CSCCS3)cc2)C[C@@H](C)O1. The molecule has 2 heterocycles. The lowest BCUT2D eigenvalue weighted by Crippen LogP contribution is -2.45. The van der Waals surface area contributed by atoms with Crippen molar-refractivity contribution in [3.63, 3.8) is 0 Å². The Balaban J connectivity index is 1.47. The molecule has 0 saturated carbocycles. The largest absolute Gasteiger partial charge is 0.372 e. The van der Waals surface area contributed by atoms with Crippen LogP contribution in [-0.2, 0) is 4.74 Å². The number of thioether (sulfide) groups is 2. The fourth-order valence-electron chi connectivity index (χ4n) is 3.18. The smallest absolute Gasteiger partial charge is 0.319 e. The van der Waals surface area contributed by atoms with Crippen LogP contribution in [0.4, 0.5) is 16.2 Å². The molecule has 0 aliphatic carbocycles.